The topological polar surface area (TPSA) is 32.9 Å². The molecule has 0 fully saturated rings. The Kier molecular flexibility index (Phi) is 4.95. The van der Waals surface area contributed by atoms with Crippen LogP contribution in [-0.2, 0) is 0 Å². The molecule has 0 aliphatic heterocycles. The molecule has 0 amide bonds. The van der Waals surface area contributed by atoms with Crippen molar-refractivity contribution in [1.29, 1.82) is 0 Å². The molecular weight excluding hydrogens is 209 g/mol. The van der Waals surface area contributed by atoms with E-state index in [9.17, 15) is 17.7 Å². The quantitative estimate of drug-likeness (QED) is 0.527. The van der Waals surface area contributed by atoms with Gasteiger partial charge in [-0.25, -0.2) is 0 Å². The van der Waals surface area contributed by atoms with Gasteiger partial charge in [0.1, 0.15) is 0 Å². The van der Waals surface area contributed by atoms with Gasteiger partial charge in [-0.3, -0.25) is 4.79 Å². The Hall–Kier alpha value is 0.441. The fraction of sp³-hybridized carbons (Fsp3) is 0.167. The molecule has 0 spiro atoms. The first-order valence-electron chi connectivity index (χ1n) is 3.30. The molecule has 7 heteroatoms. The summed E-state index contributed by atoms with van der Waals surface area (Å²) in [5, 5.41) is 0. The summed E-state index contributed by atoms with van der Waals surface area (Å²) in [6, 6.07) is 0.846. The van der Waals surface area contributed by atoms with Crippen molar-refractivity contribution >= 4 is 12.4 Å². The summed E-state index contributed by atoms with van der Waals surface area (Å²) in [7, 11) is 0. The van der Waals surface area contributed by atoms with Crippen LogP contribution in [0.5, 0.6) is 0 Å². The Morgan fingerprint density at radius 3 is 2.31 bits per heavy atom. The van der Waals surface area contributed by atoms with E-state index >= 15 is 0 Å². The van der Waals surface area contributed by atoms with Crippen molar-refractivity contribution in [1.82, 2.24) is 4.98 Å². The molecule has 2 nitrogen and oxygen atoms in total. The molecule has 1 aromatic heterocycles. The van der Waals surface area contributed by atoms with Crippen LogP contribution >= 0.6 is 0 Å². The van der Waals surface area contributed by atoms with E-state index < -0.39 is 18.0 Å². The minimum absolute atomic E-state index is 0. The number of hydrogen-bond acceptors (Lipinski definition) is 1. The second-order valence-electron chi connectivity index (χ2n) is 2.52. The van der Waals surface area contributed by atoms with Crippen LogP contribution in [0.3, 0.4) is 0 Å². The van der Waals surface area contributed by atoms with Gasteiger partial charge in [-0.2, -0.15) is 0 Å². The molecular formula is C6H6BF3KNO. The Morgan fingerprint density at radius 1 is 1.38 bits per heavy atom. The number of H-pyrrole nitrogens is 1. The molecule has 1 N–H and O–H groups in total. The van der Waals surface area contributed by atoms with Crippen molar-refractivity contribution in [2.45, 2.75) is 6.92 Å². The third-order valence-electron chi connectivity index (χ3n) is 1.49. The van der Waals surface area contributed by atoms with Gasteiger partial charge in [-0.15, -0.1) is 0 Å². The Morgan fingerprint density at radius 2 is 1.92 bits per heavy atom. The van der Waals surface area contributed by atoms with Gasteiger partial charge < -0.3 is 17.9 Å². The number of aromatic nitrogens is 1. The van der Waals surface area contributed by atoms with Gasteiger partial charge in [-0.05, 0) is 13.1 Å². The maximum atomic E-state index is 12.0. The largest absolute Gasteiger partial charge is 1.00 e. The van der Waals surface area contributed by atoms with Crippen LogP contribution in [0.1, 0.15) is 5.56 Å². The van der Waals surface area contributed by atoms with Gasteiger partial charge in [0.25, 0.3) is 5.56 Å². The average molecular weight is 215 g/mol. The van der Waals surface area contributed by atoms with Crippen LogP contribution in [0.2, 0.25) is 0 Å². The smallest absolute Gasteiger partial charge is 0.445 e. The van der Waals surface area contributed by atoms with Crippen LogP contribution in [-0.4, -0.2) is 12.0 Å². The van der Waals surface area contributed by atoms with Gasteiger partial charge in [-0.1, -0.05) is 11.5 Å². The van der Waals surface area contributed by atoms with Crippen LogP contribution in [0.4, 0.5) is 12.9 Å². The minimum Gasteiger partial charge on any atom is -0.445 e. The van der Waals surface area contributed by atoms with Crippen LogP contribution < -0.4 is 62.4 Å². The first-order chi connectivity index (χ1) is 5.41. The summed E-state index contributed by atoms with van der Waals surface area (Å²) in [6.45, 7) is -3.67. The average Bonchev–Trinajstić information content (AvgIpc) is 1.92. The molecule has 1 aromatic rings. The van der Waals surface area contributed by atoms with Gasteiger partial charge in [0, 0.05) is 5.56 Å². The third-order valence-corrected chi connectivity index (χ3v) is 1.49. The summed E-state index contributed by atoms with van der Waals surface area (Å²) in [4.78, 5) is 12.7. The van der Waals surface area contributed by atoms with E-state index in [4.69, 9.17) is 0 Å². The van der Waals surface area contributed by atoms with Crippen molar-refractivity contribution in [3.05, 3.63) is 28.2 Å². The minimum atomic E-state index is -5.01. The van der Waals surface area contributed by atoms with Crippen LogP contribution in [0.15, 0.2) is 17.1 Å². The van der Waals surface area contributed by atoms with E-state index in [0.29, 0.717) is 6.20 Å². The predicted molar refractivity (Wildman–Crippen MR) is 40.5 cm³/mol. The van der Waals surface area contributed by atoms with E-state index in [1.807, 2.05) is 4.98 Å². The normalized spacial score (nSPS) is 10.8. The van der Waals surface area contributed by atoms with E-state index in [1.165, 1.54) is 6.92 Å². The maximum Gasteiger partial charge on any atom is 1.00 e. The molecule has 0 aromatic carbocycles. The zero-order chi connectivity index (χ0) is 9.35. The van der Waals surface area contributed by atoms with Gasteiger partial charge in [0.15, 0.2) is 0 Å². The number of halogens is 3. The number of aryl methyl sites for hydroxylation is 1. The number of nitrogens with one attached hydrogen (secondary N) is 1. The monoisotopic (exact) mass is 215 g/mol. The first kappa shape index (κ1) is 13.4. The molecule has 0 atom stereocenters. The maximum absolute atomic E-state index is 12.0. The molecule has 0 aliphatic carbocycles. The number of aromatic amines is 1. The van der Waals surface area contributed by atoms with Crippen molar-refractivity contribution in [3.8, 4) is 0 Å². The molecule has 0 saturated heterocycles. The molecule has 1 rings (SSSR count). The van der Waals surface area contributed by atoms with Crippen molar-refractivity contribution < 1.29 is 64.3 Å². The van der Waals surface area contributed by atoms with Gasteiger partial charge in [0.05, 0.1) is 0 Å². The first-order valence-corrected chi connectivity index (χ1v) is 3.30. The molecule has 66 valence electrons. The molecule has 1 heterocycles. The fourth-order valence-corrected chi connectivity index (χ4v) is 0.809. The van der Waals surface area contributed by atoms with E-state index in [1.54, 1.807) is 0 Å². The molecule has 0 bridgehead atoms. The molecule has 0 saturated carbocycles. The van der Waals surface area contributed by atoms with Crippen molar-refractivity contribution in [2.75, 3.05) is 0 Å². The van der Waals surface area contributed by atoms with Crippen molar-refractivity contribution in [3.63, 3.8) is 0 Å². The van der Waals surface area contributed by atoms with Gasteiger partial charge in [0.2, 0.25) is 0 Å². The number of rotatable bonds is 1. The van der Waals surface area contributed by atoms with E-state index in [-0.39, 0.29) is 56.9 Å². The Bertz CT molecular complexity index is 348. The molecule has 0 unspecified atom stereocenters. The summed E-state index contributed by atoms with van der Waals surface area (Å²) >= 11 is 0. The predicted octanol–water partition coefficient (Wildman–Crippen LogP) is -2.26. The number of hydrogen-bond donors (Lipinski definition) is 1. The van der Waals surface area contributed by atoms with Crippen LogP contribution in [0.25, 0.3) is 0 Å². The van der Waals surface area contributed by atoms with Crippen molar-refractivity contribution in [2.24, 2.45) is 0 Å². The Labute approximate surface area is 115 Å². The number of pyridine rings is 1. The summed E-state index contributed by atoms with van der Waals surface area (Å²) in [5.41, 5.74) is -1.18. The van der Waals surface area contributed by atoms with E-state index in [2.05, 4.69) is 0 Å². The van der Waals surface area contributed by atoms with E-state index in [0.717, 1.165) is 6.07 Å². The zero-order valence-electron chi connectivity index (χ0n) is 7.27. The Balaban J connectivity index is 0.00000144. The van der Waals surface area contributed by atoms with Crippen LogP contribution in [0, 0.1) is 6.92 Å². The summed E-state index contributed by atoms with van der Waals surface area (Å²) < 4.78 is 36.1. The molecule has 0 aliphatic rings. The summed E-state index contributed by atoms with van der Waals surface area (Å²) in [5.74, 6) is 0. The van der Waals surface area contributed by atoms with Gasteiger partial charge >= 0.3 is 58.4 Å². The second-order valence-corrected chi connectivity index (χ2v) is 2.52. The SMILES string of the molecule is Cc1cc([B-](F)(F)F)c[nH]c1=O.[K+]. The standard InChI is InChI=1S/C6H6BF3NO.K/c1-4-2-5(7(8,9)10)3-11-6(4)12;/h2-3H,1H3,(H,11,12);/q-1;+1. The second kappa shape index (κ2) is 4.79. The molecule has 0 radical (unpaired) electrons. The fourth-order valence-electron chi connectivity index (χ4n) is 0.809. The summed E-state index contributed by atoms with van der Waals surface area (Å²) in [6.07, 6.45) is 0.690. The molecule has 13 heavy (non-hydrogen) atoms. The zero-order valence-corrected chi connectivity index (χ0v) is 10.4. The third kappa shape index (κ3) is 3.59.